The summed E-state index contributed by atoms with van der Waals surface area (Å²) < 4.78 is 11.3. The molecule has 0 saturated carbocycles. The van der Waals surface area contributed by atoms with Crippen LogP contribution >= 0.6 is 0 Å². The quantitative estimate of drug-likeness (QED) is 0.804. The Kier molecular flexibility index (Phi) is 5.94. The van der Waals surface area contributed by atoms with Gasteiger partial charge in [-0.25, -0.2) is 0 Å². The van der Waals surface area contributed by atoms with E-state index in [1.807, 2.05) is 18.2 Å². The van der Waals surface area contributed by atoms with Gasteiger partial charge in [-0.05, 0) is 43.7 Å². The number of nitrogens with two attached hydrogens (primary N) is 1. The lowest BCUT2D eigenvalue weighted by Crippen LogP contribution is -2.46. The lowest BCUT2D eigenvalue weighted by molar-refractivity contribution is -0.121. The van der Waals surface area contributed by atoms with Crippen LogP contribution in [-0.4, -0.2) is 43.6 Å². The van der Waals surface area contributed by atoms with E-state index in [-0.39, 0.29) is 5.91 Å². The van der Waals surface area contributed by atoms with Crippen molar-refractivity contribution in [3.63, 3.8) is 0 Å². The van der Waals surface area contributed by atoms with Crippen molar-refractivity contribution < 1.29 is 13.9 Å². The van der Waals surface area contributed by atoms with Crippen molar-refractivity contribution in [2.45, 2.75) is 38.3 Å². The summed E-state index contributed by atoms with van der Waals surface area (Å²) in [5.74, 6) is 1.81. The molecule has 3 rings (SSSR count). The fourth-order valence-electron chi connectivity index (χ4n) is 3.43. The molecule has 3 N–H and O–H groups in total. The van der Waals surface area contributed by atoms with Gasteiger partial charge >= 0.3 is 0 Å². The van der Waals surface area contributed by atoms with Gasteiger partial charge < -0.3 is 20.2 Å². The Morgan fingerprint density at radius 1 is 1.40 bits per heavy atom. The number of rotatable bonds is 7. The molecular formula is C19H27N3O3. The Hall–Kier alpha value is -2.05. The second kappa shape index (κ2) is 8.36. The average Bonchev–Trinajstić information content (AvgIpc) is 3.02. The Labute approximate surface area is 148 Å². The predicted molar refractivity (Wildman–Crippen MR) is 97.5 cm³/mol. The number of methoxy groups -OCH3 is 1. The third-order valence-electron chi connectivity index (χ3n) is 4.79. The molecule has 1 unspecified atom stereocenters. The van der Waals surface area contributed by atoms with E-state index < -0.39 is 0 Å². The number of piperidine rings is 1. The lowest BCUT2D eigenvalue weighted by atomic mass is 10.0. The first-order chi connectivity index (χ1) is 12.2. The summed E-state index contributed by atoms with van der Waals surface area (Å²) in [6.45, 7) is 2.85. The number of carbonyl (C=O) groups excluding carboxylic acids is 1. The van der Waals surface area contributed by atoms with Gasteiger partial charge in [-0.1, -0.05) is 6.42 Å². The number of fused-ring (bicyclic) bond motifs is 1. The van der Waals surface area contributed by atoms with Crippen LogP contribution in [-0.2, 0) is 11.3 Å². The number of likely N-dealkylation sites (tertiary alicyclic amines) is 1. The monoisotopic (exact) mass is 345 g/mol. The third kappa shape index (κ3) is 4.52. The molecule has 1 aromatic heterocycles. The number of nitrogens with one attached hydrogen (secondary N) is 1. The first-order valence-corrected chi connectivity index (χ1v) is 8.97. The topological polar surface area (TPSA) is 80.7 Å². The maximum absolute atomic E-state index is 11.7. The zero-order valence-corrected chi connectivity index (χ0v) is 14.8. The van der Waals surface area contributed by atoms with Crippen LogP contribution in [0.25, 0.3) is 11.0 Å². The summed E-state index contributed by atoms with van der Waals surface area (Å²) in [7, 11) is 1.67. The Morgan fingerprint density at radius 2 is 2.28 bits per heavy atom. The Balaban J connectivity index is 1.65. The second-order valence-electron chi connectivity index (χ2n) is 6.58. The zero-order valence-electron chi connectivity index (χ0n) is 14.8. The molecule has 1 aromatic carbocycles. The summed E-state index contributed by atoms with van der Waals surface area (Å²) in [5, 5.41) is 4.06. The molecule has 2 aromatic rings. The van der Waals surface area contributed by atoms with Gasteiger partial charge in [-0.3, -0.25) is 9.69 Å². The van der Waals surface area contributed by atoms with Gasteiger partial charge in [0, 0.05) is 30.9 Å². The third-order valence-corrected chi connectivity index (χ3v) is 4.79. The second-order valence-corrected chi connectivity index (χ2v) is 6.58. The van der Waals surface area contributed by atoms with Crippen molar-refractivity contribution in [3.05, 3.63) is 30.0 Å². The lowest BCUT2D eigenvalue weighted by Gasteiger charge is -2.35. The van der Waals surface area contributed by atoms with E-state index >= 15 is 0 Å². The standard InChI is InChI=1S/C19H27N3O3/c1-24-16-5-6-18-14(10-16)11-17(25-18)13-22-9-3-2-4-15(22)12-21-19(23)7-8-20/h5-6,10-11,15H,2-4,7-9,12-13,20H2,1H3,(H,21,23). The van der Waals surface area contributed by atoms with E-state index in [0.29, 0.717) is 25.6 Å². The number of nitrogens with zero attached hydrogens (tertiary/aromatic N) is 1. The smallest absolute Gasteiger partial charge is 0.221 e. The molecule has 6 heteroatoms. The van der Waals surface area contributed by atoms with Crippen LogP contribution in [0, 0.1) is 0 Å². The number of hydrogen-bond acceptors (Lipinski definition) is 5. The number of furan rings is 1. The summed E-state index contributed by atoms with van der Waals surface area (Å²) in [6.07, 6.45) is 3.86. The highest BCUT2D eigenvalue weighted by molar-refractivity contribution is 5.79. The van der Waals surface area contributed by atoms with Crippen LogP contribution in [0.2, 0.25) is 0 Å². The highest BCUT2D eigenvalue weighted by Gasteiger charge is 2.24. The number of carbonyl (C=O) groups is 1. The maximum atomic E-state index is 11.7. The zero-order chi connectivity index (χ0) is 17.6. The van der Waals surface area contributed by atoms with Gasteiger partial charge in [-0.15, -0.1) is 0 Å². The normalized spacial score (nSPS) is 18.4. The average molecular weight is 345 g/mol. The number of hydrogen-bond donors (Lipinski definition) is 2. The molecule has 25 heavy (non-hydrogen) atoms. The van der Waals surface area contributed by atoms with Gasteiger partial charge in [-0.2, -0.15) is 0 Å². The molecule has 0 aliphatic carbocycles. The van der Waals surface area contributed by atoms with Crippen LogP contribution < -0.4 is 15.8 Å². The Bertz CT molecular complexity index is 713. The van der Waals surface area contributed by atoms with Crippen LogP contribution in [0.5, 0.6) is 5.75 Å². The van der Waals surface area contributed by atoms with Gasteiger partial charge in [0.05, 0.1) is 13.7 Å². The molecule has 1 saturated heterocycles. The van der Waals surface area contributed by atoms with E-state index in [0.717, 1.165) is 42.0 Å². The fourth-order valence-corrected chi connectivity index (χ4v) is 3.43. The molecule has 1 fully saturated rings. The first kappa shape index (κ1) is 17.8. The minimum Gasteiger partial charge on any atom is -0.497 e. The van der Waals surface area contributed by atoms with Gasteiger partial charge in [0.25, 0.3) is 0 Å². The molecule has 1 aliphatic rings. The summed E-state index contributed by atoms with van der Waals surface area (Å²) in [4.78, 5) is 14.1. The largest absolute Gasteiger partial charge is 0.497 e. The minimum atomic E-state index is 0.0313. The van der Waals surface area contributed by atoms with E-state index in [1.54, 1.807) is 7.11 Å². The SMILES string of the molecule is COc1ccc2oc(CN3CCCCC3CNC(=O)CCN)cc2c1. The van der Waals surface area contributed by atoms with Crippen molar-refractivity contribution in [2.75, 3.05) is 26.7 Å². The van der Waals surface area contributed by atoms with E-state index in [9.17, 15) is 4.79 Å². The molecule has 2 heterocycles. The molecule has 136 valence electrons. The highest BCUT2D eigenvalue weighted by Crippen LogP contribution is 2.26. The molecule has 0 radical (unpaired) electrons. The molecule has 1 atom stereocenters. The number of ether oxygens (including phenoxy) is 1. The fraction of sp³-hybridized carbons (Fsp3) is 0.526. The van der Waals surface area contributed by atoms with Crippen molar-refractivity contribution in [1.82, 2.24) is 10.2 Å². The molecule has 0 spiro atoms. The first-order valence-electron chi connectivity index (χ1n) is 8.97. The van der Waals surface area contributed by atoms with Crippen LogP contribution in [0.15, 0.2) is 28.7 Å². The Morgan fingerprint density at radius 3 is 3.08 bits per heavy atom. The van der Waals surface area contributed by atoms with Crippen molar-refractivity contribution in [3.8, 4) is 5.75 Å². The minimum absolute atomic E-state index is 0.0313. The van der Waals surface area contributed by atoms with Crippen molar-refractivity contribution in [1.29, 1.82) is 0 Å². The molecule has 1 amide bonds. The van der Waals surface area contributed by atoms with Crippen LogP contribution in [0.1, 0.15) is 31.4 Å². The van der Waals surface area contributed by atoms with E-state index in [4.69, 9.17) is 14.9 Å². The molecule has 6 nitrogen and oxygen atoms in total. The number of amides is 1. The van der Waals surface area contributed by atoms with Gasteiger partial charge in [0.1, 0.15) is 17.1 Å². The van der Waals surface area contributed by atoms with Crippen LogP contribution in [0.3, 0.4) is 0 Å². The van der Waals surface area contributed by atoms with E-state index in [1.165, 1.54) is 12.8 Å². The highest BCUT2D eigenvalue weighted by atomic mass is 16.5. The summed E-state index contributed by atoms with van der Waals surface area (Å²) >= 11 is 0. The van der Waals surface area contributed by atoms with Gasteiger partial charge in [0.15, 0.2) is 0 Å². The summed E-state index contributed by atoms with van der Waals surface area (Å²) in [6, 6.07) is 8.27. The maximum Gasteiger partial charge on any atom is 0.221 e. The number of benzene rings is 1. The molecule has 0 bridgehead atoms. The van der Waals surface area contributed by atoms with Crippen molar-refractivity contribution >= 4 is 16.9 Å². The predicted octanol–water partition coefficient (Wildman–Crippen LogP) is 2.26. The van der Waals surface area contributed by atoms with Gasteiger partial charge in [0.2, 0.25) is 5.91 Å². The molecular weight excluding hydrogens is 318 g/mol. The summed E-state index contributed by atoms with van der Waals surface area (Å²) in [5.41, 5.74) is 6.31. The van der Waals surface area contributed by atoms with Crippen molar-refractivity contribution in [2.24, 2.45) is 5.73 Å². The van der Waals surface area contributed by atoms with E-state index in [2.05, 4.69) is 16.3 Å². The van der Waals surface area contributed by atoms with Crippen LogP contribution in [0.4, 0.5) is 0 Å². The molecule has 1 aliphatic heterocycles.